The SMILES string of the molecule is C=CC1NN=C(C(C)C)C1C1=CNC(c2cn[nH]c2C)C=C1CCCC. The molecule has 0 radical (unpaired) electrons. The number of dihydropyridines is 1. The minimum atomic E-state index is 0.151. The maximum absolute atomic E-state index is 4.63. The molecular weight excluding hydrogens is 322 g/mol. The van der Waals surface area contributed by atoms with Gasteiger partial charge in [0.15, 0.2) is 0 Å². The minimum Gasteiger partial charge on any atom is -0.380 e. The van der Waals surface area contributed by atoms with Gasteiger partial charge in [0, 0.05) is 17.5 Å². The zero-order valence-corrected chi connectivity index (χ0v) is 16.3. The summed E-state index contributed by atoms with van der Waals surface area (Å²) in [5.74, 6) is 0.647. The van der Waals surface area contributed by atoms with E-state index in [0.717, 1.165) is 12.1 Å². The van der Waals surface area contributed by atoms with Gasteiger partial charge in [-0.3, -0.25) is 5.10 Å². The Morgan fingerprint density at radius 3 is 2.77 bits per heavy atom. The molecule has 26 heavy (non-hydrogen) atoms. The van der Waals surface area contributed by atoms with Gasteiger partial charge < -0.3 is 10.7 Å². The summed E-state index contributed by atoms with van der Waals surface area (Å²) in [4.78, 5) is 0. The van der Waals surface area contributed by atoms with Crippen molar-refractivity contribution in [3.8, 4) is 0 Å². The molecule has 0 bridgehead atoms. The van der Waals surface area contributed by atoms with Crippen molar-refractivity contribution in [1.82, 2.24) is 20.9 Å². The number of nitrogens with zero attached hydrogens (tertiary/aromatic N) is 2. The van der Waals surface area contributed by atoms with Gasteiger partial charge in [0.1, 0.15) is 0 Å². The van der Waals surface area contributed by atoms with Crippen LogP contribution in [0.2, 0.25) is 0 Å². The van der Waals surface area contributed by atoms with Crippen LogP contribution in [0.5, 0.6) is 0 Å². The minimum absolute atomic E-state index is 0.151. The molecule has 0 fully saturated rings. The summed E-state index contributed by atoms with van der Waals surface area (Å²) in [5, 5.41) is 15.4. The molecule has 140 valence electrons. The van der Waals surface area contributed by atoms with Crippen molar-refractivity contribution < 1.29 is 0 Å². The number of hydrogen-bond donors (Lipinski definition) is 3. The summed E-state index contributed by atoms with van der Waals surface area (Å²) >= 11 is 0. The number of allylic oxidation sites excluding steroid dienone is 1. The van der Waals surface area contributed by atoms with Gasteiger partial charge in [-0.25, -0.2) is 0 Å². The number of hydrogen-bond acceptors (Lipinski definition) is 4. The molecule has 0 saturated carbocycles. The van der Waals surface area contributed by atoms with Gasteiger partial charge in [-0.15, -0.1) is 6.58 Å². The standard InChI is InChI=1S/C21H31N5/c1-6-8-9-15-10-19(16-12-23-24-14(16)5)22-11-17(15)20-18(7-2)25-26-21(20)13(3)4/h7,10-13,18-20,22,25H,2,6,8-9H2,1,3-5H3,(H,23,24). The van der Waals surface area contributed by atoms with Crippen LogP contribution in [-0.2, 0) is 0 Å². The number of aromatic nitrogens is 2. The maximum Gasteiger partial charge on any atom is 0.0740 e. The van der Waals surface area contributed by atoms with Crippen molar-refractivity contribution >= 4 is 5.71 Å². The first-order chi connectivity index (χ1) is 12.6. The Bertz CT molecular complexity index is 737. The third-order valence-corrected chi connectivity index (χ3v) is 5.36. The molecule has 0 amide bonds. The summed E-state index contributed by atoms with van der Waals surface area (Å²) in [6, 6.07) is 0.318. The number of hydrazone groups is 1. The molecule has 5 heteroatoms. The van der Waals surface area contributed by atoms with E-state index >= 15 is 0 Å². The first kappa shape index (κ1) is 18.5. The lowest BCUT2D eigenvalue weighted by Crippen LogP contribution is -2.34. The summed E-state index contributed by atoms with van der Waals surface area (Å²) in [5.41, 5.74) is 9.56. The zero-order chi connectivity index (χ0) is 18.7. The van der Waals surface area contributed by atoms with Crippen LogP contribution in [-0.4, -0.2) is 22.0 Å². The Balaban J connectivity index is 1.94. The highest BCUT2D eigenvalue weighted by atomic mass is 15.3. The zero-order valence-electron chi connectivity index (χ0n) is 16.3. The van der Waals surface area contributed by atoms with E-state index in [0.29, 0.717) is 5.92 Å². The monoisotopic (exact) mass is 353 g/mol. The van der Waals surface area contributed by atoms with Crippen molar-refractivity contribution in [3.63, 3.8) is 0 Å². The van der Waals surface area contributed by atoms with Crippen LogP contribution in [0.25, 0.3) is 0 Å². The summed E-state index contributed by atoms with van der Waals surface area (Å²) in [6.07, 6.45) is 11.9. The Kier molecular flexibility index (Phi) is 5.64. The summed E-state index contributed by atoms with van der Waals surface area (Å²) in [7, 11) is 0. The number of aromatic amines is 1. The van der Waals surface area contributed by atoms with Crippen LogP contribution in [0.1, 0.15) is 57.3 Å². The van der Waals surface area contributed by atoms with E-state index in [1.54, 1.807) is 0 Å². The van der Waals surface area contributed by atoms with E-state index in [2.05, 4.69) is 72.6 Å². The molecule has 2 aliphatic heterocycles. The molecule has 0 saturated heterocycles. The highest BCUT2D eigenvalue weighted by Crippen LogP contribution is 2.36. The van der Waals surface area contributed by atoms with Crippen LogP contribution in [0, 0.1) is 18.8 Å². The van der Waals surface area contributed by atoms with Crippen molar-refractivity contribution in [3.05, 3.63) is 53.5 Å². The molecule has 3 atom stereocenters. The lowest BCUT2D eigenvalue weighted by molar-refractivity contribution is 0.585. The normalized spacial score (nSPS) is 25.3. The van der Waals surface area contributed by atoms with Gasteiger partial charge in [0.05, 0.1) is 29.9 Å². The number of aryl methyl sites for hydroxylation is 1. The number of rotatable bonds is 7. The molecule has 3 heterocycles. The molecule has 0 aromatic carbocycles. The summed E-state index contributed by atoms with van der Waals surface area (Å²) in [6.45, 7) is 12.8. The van der Waals surface area contributed by atoms with Crippen LogP contribution in [0.15, 0.2) is 47.4 Å². The van der Waals surface area contributed by atoms with E-state index < -0.39 is 0 Å². The van der Waals surface area contributed by atoms with Crippen LogP contribution in [0.4, 0.5) is 0 Å². The van der Waals surface area contributed by atoms with Gasteiger partial charge in [-0.2, -0.15) is 10.2 Å². The van der Waals surface area contributed by atoms with Crippen LogP contribution in [0.3, 0.4) is 0 Å². The molecule has 0 aliphatic carbocycles. The first-order valence-corrected chi connectivity index (χ1v) is 9.69. The van der Waals surface area contributed by atoms with Crippen molar-refractivity contribution in [2.24, 2.45) is 16.9 Å². The molecule has 3 rings (SSSR count). The second-order valence-corrected chi connectivity index (χ2v) is 7.55. The topological polar surface area (TPSA) is 65.1 Å². The van der Waals surface area contributed by atoms with Gasteiger partial charge >= 0.3 is 0 Å². The molecule has 1 aromatic rings. The van der Waals surface area contributed by atoms with E-state index in [1.165, 1.54) is 35.3 Å². The molecule has 5 nitrogen and oxygen atoms in total. The van der Waals surface area contributed by atoms with Gasteiger partial charge in [-0.1, -0.05) is 39.3 Å². The molecular formula is C21H31N5. The predicted molar refractivity (Wildman–Crippen MR) is 108 cm³/mol. The third-order valence-electron chi connectivity index (χ3n) is 5.36. The van der Waals surface area contributed by atoms with E-state index in [1.807, 2.05) is 12.3 Å². The molecule has 3 unspecified atom stereocenters. The van der Waals surface area contributed by atoms with E-state index in [9.17, 15) is 0 Å². The van der Waals surface area contributed by atoms with Crippen molar-refractivity contribution in [2.75, 3.05) is 0 Å². The largest absolute Gasteiger partial charge is 0.380 e. The Hall–Kier alpha value is -2.30. The number of H-pyrrole nitrogens is 1. The lowest BCUT2D eigenvalue weighted by atomic mass is 9.78. The molecule has 3 N–H and O–H groups in total. The van der Waals surface area contributed by atoms with Crippen LogP contribution >= 0.6 is 0 Å². The third kappa shape index (κ3) is 3.48. The van der Waals surface area contributed by atoms with Gasteiger partial charge in [0.2, 0.25) is 0 Å². The fourth-order valence-electron chi connectivity index (χ4n) is 3.86. The van der Waals surface area contributed by atoms with Crippen LogP contribution < -0.4 is 10.7 Å². The van der Waals surface area contributed by atoms with Crippen molar-refractivity contribution in [1.29, 1.82) is 0 Å². The van der Waals surface area contributed by atoms with E-state index in [4.69, 9.17) is 0 Å². The molecule has 0 spiro atoms. The van der Waals surface area contributed by atoms with Crippen molar-refractivity contribution in [2.45, 2.75) is 59.0 Å². The Morgan fingerprint density at radius 2 is 2.15 bits per heavy atom. The van der Waals surface area contributed by atoms with Gasteiger partial charge in [-0.05, 0) is 36.8 Å². The Labute approximate surface area is 156 Å². The highest BCUT2D eigenvalue weighted by molar-refractivity contribution is 5.93. The van der Waals surface area contributed by atoms with E-state index in [-0.39, 0.29) is 18.0 Å². The second-order valence-electron chi connectivity index (χ2n) is 7.55. The average molecular weight is 354 g/mol. The second kappa shape index (κ2) is 7.94. The fourth-order valence-corrected chi connectivity index (χ4v) is 3.86. The molecule has 2 aliphatic rings. The Morgan fingerprint density at radius 1 is 1.35 bits per heavy atom. The highest BCUT2D eigenvalue weighted by Gasteiger charge is 2.36. The predicted octanol–water partition coefficient (Wildman–Crippen LogP) is 4.15. The maximum atomic E-state index is 4.63. The number of nitrogens with one attached hydrogen (secondary N) is 3. The smallest absolute Gasteiger partial charge is 0.0740 e. The molecule has 1 aromatic heterocycles. The fraction of sp³-hybridized carbons (Fsp3) is 0.524. The average Bonchev–Trinajstić information content (AvgIpc) is 3.25. The van der Waals surface area contributed by atoms with Gasteiger partial charge in [0.25, 0.3) is 0 Å². The lowest BCUT2D eigenvalue weighted by Gasteiger charge is -2.30. The quantitative estimate of drug-likeness (QED) is 0.645. The first-order valence-electron chi connectivity index (χ1n) is 9.69. The summed E-state index contributed by atoms with van der Waals surface area (Å²) < 4.78 is 0. The number of unbranched alkanes of at least 4 members (excludes halogenated alkanes) is 1.